The van der Waals surface area contributed by atoms with Gasteiger partial charge >= 0.3 is 0 Å². The van der Waals surface area contributed by atoms with Gasteiger partial charge in [-0.15, -0.1) is 0 Å². The summed E-state index contributed by atoms with van der Waals surface area (Å²) in [4.78, 5) is 0. The van der Waals surface area contributed by atoms with Gasteiger partial charge in [-0.1, -0.05) is 31.2 Å². The highest BCUT2D eigenvalue weighted by molar-refractivity contribution is 5.41. The Kier molecular flexibility index (Phi) is 5.21. The Balaban J connectivity index is 1.93. The highest BCUT2D eigenvalue weighted by Crippen LogP contribution is 2.38. The molecule has 1 aromatic rings. The molecular formula is C16H25NO. The second-order valence-electron chi connectivity index (χ2n) is 5.21. The monoisotopic (exact) mass is 247 g/mol. The summed E-state index contributed by atoms with van der Waals surface area (Å²) in [5.41, 5.74) is 3.10. The van der Waals surface area contributed by atoms with Crippen LogP contribution in [0.3, 0.4) is 0 Å². The van der Waals surface area contributed by atoms with E-state index < -0.39 is 0 Å². The first-order valence-electron chi connectivity index (χ1n) is 7.17. The number of methoxy groups -OCH3 is 1. The van der Waals surface area contributed by atoms with Crippen LogP contribution in [0.25, 0.3) is 0 Å². The number of nitrogens with one attached hydrogen (secondary N) is 1. The Morgan fingerprint density at radius 1 is 1.39 bits per heavy atom. The average Bonchev–Trinajstić information content (AvgIpc) is 2.37. The van der Waals surface area contributed by atoms with Gasteiger partial charge in [0.05, 0.1) is 0 Å². The summed E-state index contributed by atoms with van der Waals surface area (Å²) in [7, 11) is 1.78. The van der Waals surface area contributed by atoms with Crippen molar-refractivity contribution >= 4 is 0 Å². The molecule has 2 nitrogen and oxygen atoms in total. The van der Waals surface area contributed by atoms with E-state index in [0.29, 0.717) is 12.0 Å². The Bertz CT molecular complexity index is 364. The van der Waals surface area contributed by atoms with E-state index >= 15 is 0 Å². The van der Waals surface area contributed by atoms with E-state index in [-0.39, 0.29) is 0 Å². The maximum Gasteiger partial charge on any atom is 0.0462 e. The maximum absolute atomic E-state index is 5.17. The van der Waals surface area contributed by atoms with Crippen LogP contribution in [0, 0.1) is 0 Å². The Morgan fingerprint density at radius 2 is 2.22 bits per heavy atom. The molecule has 0 aromatic heterocycles. The fourth-order valence-corrected chi connectivity index (χ4v) is 2.88. The van der Waals surface area contributed by atoms with E-state index in [2.05, 4.69) is 36.5 Å². The van der Waals surface area contributed by atoms with E-state index in [9.17, 15) is 0 Å². The van der Waals surface area contributed by atoms with Gasteiger partial charge in [0.15, 0.2) is 0 Å². The van der Waals surface area contributed by atoms with Crippen LogP contribution < -0.4 is 5.32 Å². The minimum Gasteiger partial charge on any atom is -0.385 e. The number of hydrogen-bond acceptors (Lipinski definition) is 2. The Hall–Kier alpha value is -0.860. The topological polar surface area (TPSA) is 21.3 Å². The molecule has 1 aliphatic carbocycles. The smallest absolute Gasteiger partial charge is 0.0462 e. The summed E-state index contributed by atoms with van der Waals surface area (Å²) in [6, 6.07) is 9.49. The molecule has 0 aliphatic heterocycles. The second-order valence-corrected chi connectivity index (χ2v) is 5.21. The summed E-state index contributed by atoms with van der Waals surface area (Å²) in [5.74, 6) is 0.713. The minimum atomic E-state index is 0.620. The molecule has 0 spiro atoms. The molecule has 2 rings (SSSR count). The fourth-order valence-electron chi connectivity index (χ4n) is 2.88. The van der Waals surface area contributed by atoms with Crippen LogP contribution in [-0.4, -0.2) is 26.3 Å². The van der Waals surface area contributed by atoms with Crippen LogP contribution in [0.5, 0.6) is 0 Å². The quantitative estimate of drug-likeness (QED) is 0.713. The normalized spacial score (nSPS) is 19.1. The predicted octanol–water partition coefficient (Wildman–Crippen LogP) is 3.12. The number of rotatable bonds is 8. The molecule has 0 heterocycles. The van der Waals surface area contributed by atoms with E-state index in [1.54, 1.807) is 12.7 Å². The standard InChI is InChI=1S/C16H25NO/c1-3-10-17-16(9-6-11-18-2)15-12-13-7-4-5-8-14(13)15/h4-5,7-8,15-17H,3,6,9-12H2,1-2H3. The summed E-state index contributed by atoms with van der Waals surface area (Å²) >= 11 is 0. The third-order valence-electron chi connectivity index (χ3n) is 3.90. The van der Waals surface area contributed by atoms with Gasteiger partial charge in [0, 0.05) is 25.7 Å². The highest BCUT2D eigenvalue weighted by Gasteiger charge is 2.31. The van der Waals surface area contributed by atoms with Crippen molar-refractivity contribution in [2.75, 3.05) is 20.3 Å². The largest absolute Gasteiger partial charge is 0.385 e. The van der Waals surface area contributed by atoms with Crippen LogP contribution >= 0.6 is 0 Å². The molecule has 1 N–H and O–H groups in total. The molecule has 2 heteroatoms. The first-order valence-corrected chi connectivity index (χ1v) is 7.17. The summed E-state index contributed by atoms with van der Waals surface area (Å²) < 4.78 is 5.17. The molecule has 18 heavy (non-hydrogen) atoms. The molecule has 1 aromatic carbocycles. The third kappa shape index (κ3) is 3.12. The minimum absolute atomic E-state index is 0.620. The van der Waals surface area contributed by atoms with Crippen molar-refractivity contribution in [3.63, 3.8) is 0 Å². The number of ether oxygens (including phenoxy) is 1. The van der Waals surface area contributed by atoms with Gasteiger partial charge in [0.1, 0.15) is 0 Å². The zero-order chi connectivity index (χ0) is 12.8. The summed E-state index contributed by atoms with van der Waals surface area (Å²) in [6.07, 6.45) is 4.81. The Labute approximate surface area is 111 Å². The Morgan fingerprint density at radius 3 is 2.94 bits per heavy atom. The van der Waals surface area contributed by atoms with Crippen LogP contribution in [0.2, 0.25) is 0 Å². The lowest BCUT2D eigenvalue weighted by molar-refractivity contribution is 0.185. The lowest BCUT2D eigenvalue weighted by Crippen LogP contribution is -2.40. The van der Waals surface area contributed by atoms with Gasteiger partial charge in [-0.2, -0.15) is 0 Å². The first-order chi connectivity index (χ1) is 8.86. The highest BCUT2D eigenvalue weighted by atomic mass is 16.5. The van der Waals surface area contributed by atoms with E-state index in [1.165, 1.54) is 24.8 Å². The van der Waals surface area contributed by atoms with Crippen molar-refractivity contribution in [2.45, 2.75) is 44.6 Å². The van der Waals surface area contributed by atoms with Gasteiger partial charge < -0.3 is 10.1 Å². The molecule has 0 fully saturated rings. The molecule has 2 unspecified atom stereocenters. The average molecular weight is 247 g/mol. The summed E-state index contributed by atoms with van der Waals surface area (Å²) in [5, 5.41) is 3.72. The van der Waals surface area contributed by atoms with Crippen molar-refractivity contribution in [1.82, 2.24) is 5.32 Å². The zero-order valence-corrected chi connectivity index (χ0v) is 11.6. The first kappa shape index (κ1) is 13.6. The molecule has 2 atom stereocenters. The fraction of sp³-hybridized carbons (Fsp3) is 0.625. The van der Waals surface area contributed by atoms with Crippen molar-refractivity contribution in [3.05, 3.63) is 35.4 Å². The van der Waals surface area contributed by atoms with Gasteiger partial charge in [-0.25, -0.2) is 0 Å². The number of benzene rings is 1. The van der Waals surface area contributed by atoms with Crippen molar-refractivity contribution in [3.8, 4) is 0 Å². The third-order valence-corrected chi connectivity index (χ3v) is 3.90. The van der Waals surface area contributed by atoms with Crippen molar-refractivity contribution < 1.29 is 4.74 Å². The molecule has 1 aliphatic rings. The van der Waals surface area contributed by atoms with E-state index in [0.717, 1.165) is 19.6 Å². The molecular weight excluding hydrogens is 222 g/mol. The molecule has 0 amide bonds. The van der Waals surface area contributed by atoms with Crippen LogP contribution in [0.4, 0.5) is 0 Å². The van der Waals surface area contributed by atoms with Crippen LogP contribution in [0.1, 0.15) is 43.2 Å². The van der Waals surface area contributed by atoms with E-state index in [1.807, 2.05) is 0 Å². The zero-order valence-electron chi connectivity index (χ0n) is 11.6. The number of hydrogen-bond donors (Lipinski definition) is 1. The van der Waals surface area contributed by atoms with Crippen molar-refractivity contribution in [2.24, 2.45) is 0 Å². The lowest BCUT2D eigenvalue weighted by atomic mass is 9.72. The molecule has 0 saturated carbocycles. The van der Waals surface area contributed by atoms with Gasteiger partial charge in [-0.05, 0) is 43.4 Å². The maximum atomic E-state index is 5.17. The summed E-state index contributed by atoms with van der Waals surface area (Å²) in [6.45, 7) is 4.23. The SMILES string of the molecule is CCCNC(CCCOC)C1Cc2ccccc21. The van der Waals surface area contributed by atoms with Gasteiger partial charge in [0.2, 0.25) is 0 Å². The lowest BCUT2D eigenvalue weighted by Gasteiger charge is -2.37. The molecule has 0 saturated heterocycles. The van der Waals surface area contributed by atoms with Crippen molar-refractivity contribution in [1.29, 1.82) is 0 Å². The molecule has 0 bridgehead atoms. The molecule has 0 radical (unpaired) electrons. The van der Waals surface area contributed by atoms with Gasteiger partial charge in [0.25, 0.3) is 0 Å². The number of fused-ring (bicyclic) bond motifs is 1. The molecule has 100 valence electrons. The predicted molar refractivity (Wildman–Crippen MR) is 76.1 cm³/mol. The van der Waals surface area contributed by atoms with Crippen LogP contribution in [0.15, 0.2) is 24.3 Å². The van der Waals surface area contributed by atoms with Gasteiger partial charge in [-0.3, -0.25) is 0 Å². The van der Waals surface area contributed by atoms with E-state index in [4.69, 9.17) is 4.74 Å². The van der Waals surface area contributed by atoms with Crippen LogP contribution in [-0.2, 0) is 11.2 Å². The second kappa shape index (κ2) is 6.91.